The van der Waals surface area contributed by atoms with Gasteiger partial charge in [0, 0.05) is 16.5 Å². The third-order valence-corrected chi connectivity index (χ3v) is 9.87. The summed E-state index contributed by atoms with van der Waals surface area (Å²) in [4.78, 5) is 3.00. The van der Waals surface area contributed by atoms with Gasteiger partial charge in [-0.2, -0.15) is 0 Å². The molecule has 4 atom stereocenters. The lowest BCUT2D eigenvalue weighted by atomic mass is 9.98. The van der Waals surface area contributed by atoms with E-state index in [1.165, 1.54) is 23.5 Å². The summed E-state index contributed by atoms with van der Waals surface area (Å²) in [5, 5.41) is 3.01. The Balaban J connectivity index is 2.04. The van der Waals surface area contributed by atoms with Gasteiger partial charge < -0.3 is 4.90 Å². The Kier molecular flexibility index (Phi) is 6.13. The van der Waals surface area contributed by atoms with Crippen LogP contribution in [0.5, 0.6) is 0 Å². The average molecular weight is 404 g/mol. The third kappa shape index (κ3) is 3.77. The summed E-state index contributed by atoms with van der Waals surface area (Å²) in [5.41, 5.74) is 0.683. The zero-order chi connectivity index (χ0) is 17.1. The van der Waals surface area contributed by atoms with Crippen molar-refractivity contribution in [1.29, 1.82) is 0 Å². The van der Waals surface area contributed by atoms with Gasteiger partial charge in [0.05, 0.1) is 0 Å². The molecule has 0 spiro atoms. The smallest absolute Gasteiger partial charge is 0.0222 e. The molecule has 24 heavy (non-hydrogen) atoms. The lowest BCUT2D eigenvalue weighted by Gasteiger charge is -2.37. The van der Waals surface area contributed by atoms with Crippen molar-refractivity contribution in [3.05, 3.63) is 60.7 Å². The summed E-state index contributed by atoms with van der Waals surface area (Å²) < 4.78 is 0. The highest BCUT2D eigenvalue weighted by Crippen LogP contribution is 2.53. The Hall–Kier alpha value is -0.690. The van der Waals surface area contributed by atoms with Crippen molar-refractivity contribution in [2.75, 3.05) is 14.1 Å². The monoisotopic (exact) mass is 403 g/mol. The van der Waals surface area contributed by atoms with Gasteiger partial charge in [-0.3, -0.25) is 0 Å². The maximum atomic E-state index is 4.06. The van der Waals surface area contributed by atoms with Crippen LogP contribution in [0.2, 0.25) is 0 Å². The van der Waals surface area contributed by atoms with Crippen LogP contribution in [0.3, 0.4) is 0 Å². The second-order valence-corrected chi connectivity index (χ2v) is 10.5. The van der Waals surface area contributed by atoms with Crippen LogP contribution in [0.25, 0.3) is 0 Å². The molecule has 3 unspecified atom stereocenters. The third-order valence-electron chi connectivity index (χ3n) is 5.39. The average Bonchev–Trinajstić information content (AvgIpc) is 2.98. The number of hydrogen-bond donors (Lipinski definition) is 0. The van der Waals surface area contributed by atoms with E-state index in [9.17, 15) is 0 Å². The molecule has 1 saturated carbocycles. The van der Waals surface area contributed by atoms with Crippen molar-refractivity contribution in [3.63, 3.8) is 0 Å². The molecule has 3 rings (SSSR count). The highest BCUT2D eigenvalue weighted by molar-refractivity contribution is 9.09. The predicted octanol–water partition coefficient (Wildman–Crippen LogP) is 4.61. The van der Waals surface area contributed by atoms with E-state index in [0.717, 1.165) is 5.92 Å². The fourth-order valence-corrected chi connectivity index (χ4v) is 8.49. The Bertz CT molecular complexity index is 591. The summed E-state index contributed by atoms with van der Waals surface area (Å²) in [6.07, 6.45) is 2.60. The van der Waals surface area contributed by atoms with Crippen LogP contribution in [0.4, 0.5) is 0 Å². The minimum Gasteiger partial charge on any atom is -0.306 e. The first-order chi connectivity index (χ1) is 11.6. The van der Waals surface area contributed by atoms with Crippen molar-refractivity contribution in [2.45, 2.75) is 36.3 Å². The van der Waals surface area contributed by atoms with E-state index in [1.807, 2.05) is 0 Å². The SMILES string of the molecule is C[C@H](C1CCC(Br)C1P(c1ccccc1)c1ccccc1)N(C)C. The zero-order valence-corrected chi connectivity index (χ0v) is 17.2. The molecule has 0 aromatic heterocycles. The number of benzene rings is 2. The number of hydrogen-bond acceptors (Lipinski definition) is 1. The zero-order valence-electron chi connectivity index (χ0n) is 14.8. The van der Waals surface area contributed by atoms with E-state index in [0.29, 0.717) is 16.5 Å². The molecular formula is C21H27BrNP. The molecule has 0 aliphatic heterocycles. The Morgan fingerprint density at radius 3 is 1.88 bits per heavy atom. The standard InChI is InChI=1S/C21H27BrNP/c1-16(23(2)3)19-14-15-20(22)21(19)24(17-10-6-4-7-11-17)18-12-8-5-9-13-18/h4-13,16,19-21H,14-15H2,1-3H3/t16-,19?,20?,21?/m1/s1. The van der Waals surface area contributed by atoms with Crippen molar-refractivity contribution >= 4 is 34.5 Å². The fourth-order valence-electron chi connectivity index (χ4n) is 3.89. The topological polar surface area (TPSA) is 3.24 Å². The molecule has 0 amide bonds. The molecule has 1 aliphatic carbocycles. The highest BCUT2D eigenvalue weighted by atomic mass is 79.9. The second kappa shape index (κ2) is 8.13. The van der Waals surface area contributed by atoms with Gasteiger partial charge in [0.2, 0.25) is 0 Å². The van der Waals surface area contributed by atoms with Crippen molar-refractivity contribution < 1.29 is 0 Å². The summed E-state index contributed by atoms with van der Waals surface area (Å²) in [5.74, 6) is 0.732. The highest BCUT2D eigenvalue weighted by Gasteiger charge is 2.43. The minimum atomic E-state index is -0.361. The van der Waals surface area contributed by atoms with Gasteiger partial charge in [0.25, 0.3) is 0 Å². The van der Waals surface area contributed by atoms with Gasteiger partial charge in [0.1, 0.15) is 0 Å². The molecule has 2 aromatic carbocycles. The minimum absolute atomic E-state index is 0.361. The molecule has 1 nitrogen and oxygen atoms in total. The molecule has 0 N–H and O–H groups in total. The molecule has 0 bridgehead atoms. The molecule has 128 valence electrons. The van der Waals surface area contributed by atoms with Gasteiger partial charge in [0.15, 0.2) is 0 Å². The fraction of sp³-hybridized carbons (Fsp3) is 0.429. The molecule has 0 saturated heterocycles. The van der Waals surface area contributed by atoms with E-state index >= 15 is 0 Å². The molecule has 2 aromatic rings. The second-order valence-electron chi connectivity index (χ2n) is 6.99. The van der Waals surface area contributed by atoms with Gasteiger partial charge in [-0.05, 0) is 58.3 Å². The quantitative estimate of drug-likeness (QED) is 0.520. The lowest BCUT2D eigenvalue weighted by Crippen LogP contribution is -2.40. The first kappa shape index (κ1) is 18.1. The summed E-state index contributed by atoms with van der Waals surface area (Å²) in [6, 6.07) is 22.9. The van der Waals surface area contributed by atoms with E-state index in [2.05, 4.69) is 103 Å². The Labute approximate surface area is 156 Å². The van der Waals surface area contributed by atoms with Crippen LogP contribution < -0.4 is 10.6 Å². The van der Waals surface area contributed by atoms with E-state index in [4.69, 9.17) is 0 Å². The van der Waals surface area contributed by atoms with E-state index < -0.39 is 0 Å². The van der Waals surface area contributed by atoms with Gasteiger partial charge in [-0.25, -0.2) is 0 Å². The molecule has 1 fully saturated rings. The van der Waals surface area contributed by atoms with Crippen LogP contribution >= 0.6 is 23.9 Å². The van der Waals surface area contributed by atoms with Crippen molar-refractivity contribution in [3.8, 4) is 0 Å². The largest absolute Gasteiger partial charge is 0.306 e. The molecule has 3 heteroatoms. The predicted molar refractivity (Wildman–Crippen MR) is 111 cm³/mol. The van der Waals surface area contributed by atoms with Gasteiger partial charge in [-0.15, -0.1) is 0 Å². The maximum absolute atomic E-state index is 4.06. The number of rotatable bonds is 5. The summed E-state index contributed by atoms with van der Waals surface area (Å²) >= 11 is 4.06. The van der Waals surface area contributed by atoms with Crippen LogP contribution in [-0.4, -0.2) is 35.5 Å². The molecule has 0 radical (unpaired) electrons. The van der Waals surface area contributed by atoms with Crippen LogP contribution in [0.15, 0.2) is 60.7 Å². The molecular weight excluding hydrogens is 377 g/mol. The van der Waals surface area contributed by atoms with Gasteiger partial charge in [-0.1, -0.05) is 76.6 Å². The van der Waals surface area contributed by atoms with Crippen LogP contribution in [0.1, 0.15) is 19.8 Å². The Morgan fingerprint density at radius 2 is 1.42 bits per heavy atom. The number of halogens is 1. The van der Waals surface area contributed by atoms with Crippen molar-refractivity contribution in [1.82, 2.24) is 4.90 Å². The summed E-state index contributed by atoms with van der Waals surface area (Å²) in [6.45, 7) is 2.40. The number of alkyl halides is 1. The van der Waals surface area contributed by atoms with Crippen LogP contribution in [-0.2, 0) is 0 Å². The maximum Gasteiger partial charge on any atom is 0.0222 e. The van der Waals surface area contributed by atoms with Gasteiger partial charge >= 0.3 is 0 Å². The summed E-state index contributed by atoms with van der Waals surface area (Å²) in [7, 11) is 4.08. The molecule has 1 aliphatic rings. The first-order valence-electron chi connectivity index (χ1n) is 8.79. The lowest BCUT2D eigenvalue weighted by molar-refractivity contribution is 0.232. The molecule has 0 heterocycles. The Morgan fingerprint density at radius 1 is 0.917 bits per heavy atom. The van der Waals surface area contributed by atoms with Crippen LogP contribution in [0, 0.1) is 5.92 Å². The van der Waals surface area contributed by atoms with E-state index in [1.54, 1.807) is 0 Å². The first-order valence-corrected chi connectivity index (χ1v) is 11.1. The normalized spacial score (nSPS) is 25.3. The van der Waals surface area contributed by atoms with E-state index in [-0.39, 0.29) is 7.92 Å². The van der Waals surface area contributed by atoms with Crippen molar-refractivity contribution in [2.24, 2.45) is 5.92 Å². The number of nitrogens with zero attached hydrogens (tertiary/aromatic N) is 1.